The normalized spacial score (nSPS) is 14.9. The number of nitrogens with one attached hydrogen (secondary N) is 1. The maximum atomic E-state index is 12.2. The van der Waals surface area contributed by atoms with Crippen LogP contribution in [0.5, 0.6) is 0 Å². The van der Waals surface area contributed by atoms with Crippen molar-refractivity contribution >= 4 is 28.2 Å². The zero-order valence-electron chi connectivity index (χ0n) is 13.9. The summed E-state index contributed by atoms with van der Waals surface area (Å²) < 4.78 is 5.14. The first-order valence-electron chi connectivity index (χ1n) is 8.26. The van der Waals surface area contributed by atoms with E-state index in [0.29, 0.717) is 17.2 Å². The van der Waals surface area contributed by atoms with Gasteiger partial charge >= 0.3 is 5.97 Å². The van der Waals surface area contributed by atoms with Gasteiger partial charge in [0.25, 0.3) is 0 Å². The maximum absolute atomic E-state index is 12.2. The van der Waals surface area contributed by atoms with Gasteiger partial charge in [-0.3, -0.25) is 4.79 Å². The lowest BCUT2D eigenvalue weighted by Crippen LogP contribution is -2.15. The molecule has 24 heavy (non-hydrogen) atoms. The van der Waals surface area contributed by atoms with Crippen molar-refractivity contribution in [3.63, 3.8) is 0 Å². The molecule has 0 bridgehead atoms. The third-order valence-corrected chi connectivity index (χ3v) is 5.39. The van der Waals surface area contributed by atoms with Crippen LogP contribution in [0.2, 0.25) is 0 Å². The molecule has 0 unspecified atom stereocenters. The number of carbonyl (C=O) groups is 2. The first-order chi connectivity index (χ1) is 11.6. The zero-order chi connectivity index (χ0) is 17.1. The summed E-state index contributed by atoms with van der Waals surface area (Å²) in [7, 11) is 0. The molecule has 1 fully saturated rings. The fraction of sp³-hybridized carbons (Fsp3) is 0.368. The van der Waals surface area contributed by atoms with Gasteiger partial charge in [-0.1, -0.05) is 37.3 Å². The molecule has 0 radical (unpaired) electrons. The maximum Gasteiger partial charge on any atom is 0.341 e. The molecule has 2 aromatic rings. The molecule has 1 aromatic carbocycles. The van der Waals surface area contributed by atoms with Crippen molar-refractivity contribution in [2.75, 3.05) is 11.9 Å². The predicted octanol–water partition coefficient (Wildman–Crippen LogP) is 4.43. The summed E-state index contributed by atoms with van der Waals surface area (Å²) in [5, 5.41) is 3.52. The lowest BCUT2D eigenvalue weighted by Gasteiger charge is -2.09. The van der Waals surface area contributed by atoms with Crippen molar-refractivity contribution in [2.24, 2.45) is 5.92 Å². The Kier molecular flexibility index (Phi) is 5.00. The van der Waals surface area contributed by atoms with Crippen LogP contribution in [0.3, 0.4) is 0 Å². The van der Waals surface area contributed by atoms with Crippen molar-refractivity contribution < 1.29 is 14.3 Å². The molecular formula is C19H21NO3S. The van der Waals surface area contributed by atoms with Crippen LogP contribution in [0, 0.1) is 5.92 Å². The fourth-order valence-corrected chi connectivity index (χ4v) is 3.67. The first kappa shape index (κ1) is 16.7. The van der Waals surface area contributed by atoms with E-state index in [2.05, 4.69) is 24.4 Å². The second-order valence-corrected chi connectivity index (χ2v) is 7.09. The summed E-state index contributed by atoms with van der Waals surface area (Å²) in [6, 6.07) is 12.0. The van der Waals surface area contributed by atoms with Crippen LogP contribution in [-0.2, 0) is 9.53 Å². The SMILES string of the molecule is CCOC(=O)c1cc([C@@H](C)c2ccccc2)sc1NC(=O)C1CC1. The Hall–Kier alpha value is -2.14. The van der Waals surface area contributed by atoms with Gasteiger partial charge in [-0.15, -0.1) is 11.3 Å². The van der Waals surface area contributed by atoms with Gasteiger partial charge in [-0.05, 0) is 31.4 Å². The van der Waals surface area contributed by atoms with E-state index in [1.165, 1.54) is 16.9 Å². The molecule has 1 aliphatic carbocycles. The molecule has 1 N–H and O–H groups in total. The minimum atomic E-state index is -0.383. The molecule has 0 spiro atoms. The average Bonchev–Trinajstić information content (AvgIpc) is 3.36. The summed E-state index contributed by atoms with van der Waals surface area (Å²) in [4.78, 5) is 25.4. The fourth-order valence-electron chi connectivity index (χ4n) is 2.54. The molecular weight excluding hydrogens is 322 g/mol. The van der Waals surface area contributed by atoms with Crippen molar-refractivity contribution in [1.29, 1.82) is 0 Å². The van der Waals surface area contributed by atoms with Crippen molar-refractivity contribution in [1.82, 2.24) is 0 Å². The van der Waals surface area contributed by atoms with Gasteiger partial charge < -0.3 is 10.1 Å². The van der Waals surface area contributed by atoms with Gasteiger partial charge in [-0.25, -0.2) is 4.79 Å². The number of anilines is 1. The minimum Gasteiger partial charge on any atom is -0.462 e. The highest BCUT2D eigenvalue weighted by Crippen LogP contribution is 2.38. The number of thiophene rings is 1. The van der Waals surface area contributed by atoms with Crippen molar-refractivity contribution in [3.8, 4) is 0 Å². The van der Waals surface area contributed by atoms with E-state index in [4.69, 9.17) is 4.74 Å². The summed E-state index contributed by atoms with van der Waals surface area (Å²) in [6.45, 7) is 4.19. The molecule has 1 heterocycles. The summed E-state index contributed by atoms with van der Waals surface area (Å²) >= 11 is 1.46. The van der Waals surface area contributed by atoms with E-state index in [-0.39, 0.29) is 23.7 Å². The van der Waals surface area contributed by atoms with Crippen molar-refractivity contribution in [2.45, 2.75) is 32.6 Å². The Morgan fingerprint density at radius 2 is 2.00 bits per heavy atom. The Balaban J connectivity index is 1.89. The van der Waals surface area contributed by atoms with E-state index in [9.17, 15) is 9.59 Å². The Morgan fingerprint density at radius 3 is 2.62 bits per heavy atom. The summed E-state index contributed by atoms with van der Waals surface area (Å²) in [5.74, 6) is -0.138. The van der Waals surface area contributed by atoms with Gasteiger partial charge in [0.2, 0.25) is 5.91 Å². The molecule has 1 aliphatic rings. The van der Waals surface area contributed by atoms with Gasteiger partial charge in [0, 0.05) is 16.7 Å². The molecule has 1 atom stereocenters. The number of benzene rings is 1. The molecule has 1 aromatic heterocycles. The highest BCUT2D eigenvalue weighted by molar-refractivity contribution is 7.16. The molecule has 5 heteroatoms. The van der Waals surface area contributed by atoms with E-state index in [1.807, 2.05) is 24.3 Å². The molecule has 3 rings (SSSR count). The predicted molar refractivity (Wildman–Crippen MR) is 95.6 cm³/mol. The van der Waals surface area contributed by atoms with E-state index < -0.39 is 0 Å². The van der Waals surface area contributed by atoms with Crippen LogP contribution in [-0.4, -0.2) is 18.5 Å². The Morgan fingerprint density at radius 1 is 1.29 bits per heavy atom. The monoisotopic (exact) mass is 343 g/mol. The van der Waals surface area contributed by atoms with E-state index in [1.54, 1.807) is 6.92 Å². The molecule has 0 saturated heterocycles. The van der Waals surface area contributed by atoms with Gasteiger partial charge in [0.05, 0.1) is 12.2 Å². The van der Waals surface area contributed by atoms with Crippen LogP contribution >= 0.6 is 11.3 Å². The van der Waals surface area contributed by atoms with Crippen LogP contribution in [0.25, 0.3) is 0 Å². The number of carbonyl (C=O) groups excluding carboxylic acids is 2. The third-order valence-electron chi connectivity index (χ3n) is 4.16. The molecule has 1 amide bonds. The quantitative estimate of drug-likeness (QED) is 0.790. The Labute approximate surface area is 145 Å². The Bertz CT molecular complexity index is 734. The summed E-state index contributed by atoms with van der Waals surface area (Å²) in [6.07, 6.45) is 1.86. The number of amides is 1. The number of hydrogen-bond donors (Lipinski definition) is 1. The van der Waals surface area contributed by atoms with Crippen LogP contribution in [0.15, 0.2) is 36.4 Å². The number of ether oxygens (including phenoxy) is 1. The summed E-state index contributed by atoms with van der Waals surface area (Å²) in [5.41, 5.74) is 1.63. The van der Waals surface area contributed by atoms with Crippen LogP contribution in [0.4, 0.5) is 5.00 Å². The lowest BCUT2D eigenvalue weighted by atomic mass is 9.99. The topological polar surface area (TPSA) is 55.4 Å². The first-order valence-corrected chi connectivity index (χ1v) is 9.08. The van der Waals surface area contributed by atoms with Gasteiger partial charge in [0.15, 0.2) is 0 Å². The van der Waals surface area contributed by atoms with Gasteiger partial charge in [-0.2, -0.15) is 0 Å². The highest BCUT2D eigenvalue weighted by atomic mass is 32.1. The molecule has 4 nitrogen and oxygen atoms in total. The number of hydrogen-bond acceptors (Lipinski definition) is 4. The largest absolute Gasteiger partial charge is 0.462 e. The minimum absolute atomic E-state index is 0.00122. The molecule has 0 aliphatic heterocycles. The van der Waals surface area contributed by atoms with E-state index in [0.717, 1.165) is 17.7 Å². The van der Waals surface area contributed by atoms with E-state index >= 15 is 0 Å². The number of esters is 1. The zero-order valence-corrected chi connectivity index (χ0v) is 14.7. The van der Waals surface area contributed by atoms with Crippen molar-refractivity contribution in [3.05, 3.63) is 52.4 Å². The van der Waals surface area contributed by atoms with Gasteiger partial charge in [0.1, 0.15) is 5.00 Å². The van der Waals surface area contributed by atoms with Crippen LogP contribution in [0.1, 0.15) is 53.4 Å². The number of rotatable bonds is 6. The smallest absolute Gasteiger partial charge is 0.341 e. The standard InChI is InChI=1S/C19H21NO3S/c1-3-23-19(22)15-11-16(12(2)13-7-5-4-6-8-13)24-18(15)20-17(21)14-9-10-14/h4-8,11-12,14H,3,9-10H2,1-2H3,(H,20,21)/t12-/m0/s1. The lowest BCUT2D eigenvalue weighted by molar-refractivity contribution is -0.117. The average molecular weight is 343 g/mol. The molecule has 126 valence electrons. The van der Waals surface area contributed by atoms with Crippen LogP contribution < -0.4 is 5.32 Å². The highest BCUT2D eigenvalue weighted by Gasteiger charge is 2.31. The third kappa shape index (κ3) is 3.67. The molecule has 1 saturated carbocycles. The second-order valence-electron chi connectivity index (χ2n) is 6.01. The second kappa shape index (κ2) is 7.18.